The van der Waals surface area contributed by atoms with Crippen molar-refractivity contribution in [2.45, 2.75) is 12.8 Å². The maximum atomic E-state index is 12.6. The Balaban J connectivity index is 2.24. The van der Waals surface area contributed by atoms with Crippen molar-refractivity contribution in [3.8, 4) is 0 Å². The summed E-state index contributed by atoms with van der Waals surface area (Å²) in [7, 11) is 0. The molecule has 2 aromatic rings. The van der Waals surface area contributed by atoms with Crippen molar-refractivity contribution in [2.75, 3.05) is 5.73 Å². The molecule has 18 heavy (non-hydrogen) atoms. The van der Waals surface area contributed by atoms with Crippen LogP contribution in [0.15, 0.2) is 34.9 Å². The second kappa shape index (κ2) is 5.39. The van der Waals surface area contributed by atoms with Crippen molar-refractivity contribution < 1.29 is 8.78 Å². The first-order valence-electron chi connectivity index (χ1n) is 5.20. The molecular formula is C12H10BrF2N3. The van der Waals surface area contributed by atoms with Crippen LogP contribution >= 0.6 is 15.9 Å². The molecule has 0 spiro atoms. The summed E-state index contributed by atoms with van der Waals surface area (Å²) in [5.41, 5.74) is 5.86. The number of halogens is 3. The number of nitrogen functional groups attached to an aromatic ring is 1. The van der Waals surface area contributed by atoms with Crippen molar-refractivity contribution in [3.05, 3.63) is 52.0 Å². The molecule has 2 N–H and O–H groups in total. The van der Waals surface area contributed by atoms with Crippen LogP contribution in [-0.2, 0) is 6.42 Å². The van der Waals surface area contributed by atoms with E-state index < -0.39 is 12.1 Å². The number of aromatic nitrogens is 2. The zero-order valence-corrected chi connectivity index (χ0v) is 10.9. The van der Waals surface area contributed by atoms with Gasteiger partial charge in [0.1, 0.15) is 11.5 Å². The monoisotopic (exact) mass is 313 g/mol. The van der Waals surface area contributed by atoms with E-state index in [0.717, 1.165) is 10.0 Å². The summed E-state index contributed by atoms with van der Waals surface area (Å²) >= 11 is 3.32. The summed E-state index contributed by atoms with van der Waals surface area (Å²) < 4.78 is 26.2. The minimum absolute atomic E-state index is 0.0791. The van der Waals surface area contributed by atoms with Crippen LogP contribution in [0.1, 0.15) is 23.5 Å². The van der Waals surface area contributed by atoms with Gasteiger partial charge < -0.3 is 5.73 Å². The first-order chi connectivity index (χ1) is 8.56. The minimum atomic E-state index is -2.68. The van der Waals surface area contributed by atoms with Crippen LogP contribution in [0.4, 0.5) is 14.5 Å². The molecule has 0 fully saturated rings. The van der Waals surface area contributed by atoms with Crippen molar-refractivity contribution in [1.82, 2.24) is 9.97 Å². The topological polar surface area (TPSA) is 51.8 Å². The van der Waals surface area contributed by atoms with Crippen molar-refractivity contribution in [1.29, 1.82) is 0 Å². The first-order valence-corrected chi connectivity index (χ1v) is 5.99. The predicted molar refractivity (Wildman–Crippen MR) is 68.3 cm³/mol. The van der Waals surface area contributed by atoms with Gasteiger partial charge >= 0.3 is 0 Å². The molecule has 0 aliphatic rings. The largest absolute Gasteiger partial charge is 0.396 e. The number of hydrogen-bond acceptors (Lipinski definition) is 3. The van der Waals surface area contributed by atoms with E-state index in [1.54, 1.807) is 0 Å². The summed E-state index contributed by atoms with van der Waals surface area (Å²) in [6.07, 6.45) is -1.06. The fourth-order valence-electron chi connectivity index (χ4n) is 1.49. The highest BCUT2D eigenvalue weighted by atomic mass is 79.9. The van der Waals surface area contributed by atoms with Crippen molar-refractivity contribution in [2.24, 2.45) is 0 Å². The zero-order valence-electron chi connectivity index (χ0n) is 9.28. The lowest BCUT2D eigenvalue weighted by molar-refractivity contribution is 0.146. The first kappa shape index (κ1) is 12.9. The Kier molecular flexibility index (Phi) is 3.86. The molecule has 1 aromatic carbocycles. The highest BCUT2D eigenvalue weighted by molar-refractivity contribution is 9.10. The Morgan fingerprint density at radius 2 is 1.89 bits per heavy atom. The van der Waals surface area contributed by atoms with Crippen LogP contribution in [0.2, 0.25) is 0 Å². The number of nitrogens with zero attached hydrogens (tertiary/aromatic N) is 2. The number of alkyl halides is 2. The van der Waals surface area contributed by atoms with E-state index in [2.05, 4.69) is 25.9 Å². The second-order valence-electron chi connectivity index (χ2n) is 3.73. The van der Waals surface area contributed by atoms with Gasteiger partial charge in [-0.15, -0.1) is 0 Å². The second-order valence-corrected chi connectivity index (χ2v) is 4.65. The Labute approximate surface area is 111 Å². The Morgan fingerprint density at radius 1 is 1.22 bits per heavy atom. The molecule has 0 saturated heterocycles. The van der Waals surface area contributed by atoms with Gasteiger partial charge in [0.25, 0.3) is 6.43 Å². The molecule has 6 heteroatoms. The van der Waals surface area contributed by atoms with Crippen LogP contribution < -0.4 is 5.73 Å². The quantitative estimate of drug-likeness (QED) is 0.945. The molecule has 0 amide bonds. The van der Waals surface area contributed by atoms with Gasteiger partial charge in [-0.2, -0.15) is 0 Å². The lowest BCUT2D eigenvalue weighted by atomic mass is 10.1. The molecule has 0 atom stereocenters. The predicted octanol–water partition coefficient (Wildman–Crippen LogP) is 3.35. The average Bonchev–Trinajstić information content (AvgIpc) is 2.34. The Bertz CT molecular complexity index is 544. The molecule has 0 saturated carbocycles. The Hall–Kier alpha value is -1.56. The van der Waals surface area contributed by atoms with E-state index in [-0.39, 0.29) is 5.69 Å². The summed E-state index contributed by atoms with van der Waals surface area (Å²) in [6, 6.07) is 7.51. The normalized spacial score (nSPS) is 10.9. The lowest BCUT2D eigenvalue weighted by Crippen LogP contribution is -2.05. The minimum Gasteiger partial charge on any atom is -0.396 e. The highest BCUT2D eigenvalue weighted by Crippen LogP contribution is 2.22. The van der Waals surface area contributed by atoms with E-state index >= 15 is 0 Å². The molecular weight excluding hydrogens is 304 g/mol. The molecule has 0 aliphatic heterocycles. The molecule has 0 unspecified atom stereocenters. The van der Waals surface area contributed by atoms with Gasteiger partial charge in [0.05, 0.1) is 11.9 Å². The van der Waals surface area contributed by atoms with Gasteiger partial charge in [0, 0.05) is 10.9 Å². The highest BCUT2D eigenvalue weighted by Gasteiger charge is 2.14. The van der Waals surface area contributed by atoms with E-state index in [1.807, 2.05) is 24.3 Å². The molecule has 3 nitrogen and oxygen atoms in total. The van der Waals surface area contributed by atoms with Crippen LogP contribution in [0, 0.1) is 0 Å². The van der Waals surface area contributed by atoms with Crippen LogP contribution in [-0.4, -0.2) is 9.97 Å². The SMILES string of the molecule is Nc1cnc(Cc2ccc(Br)cc2)nc1C(F)F. The van der Waals surface area contributed by atoms with Gasteiger partial charge in [0.2, 0.25) is 0 Å². The van der Waals surface area contributed by atoms with Crippen LogP contribution in [0.25, 0.3) is 0 Å². The maximum Gasteiger partial charge on any atom is 0.282 e. The van der Waals surface area contributed by atoms with Gasteiger partial charge in [-0.1, -0.05) is 28.1 Å². The summed E-state index contributed by atoms with van der Waals surface area (Å²) in [5.74, 6) is 0.335. The van der Waals surface area contributed by atoms with E-state index in [1.165, 1.54) is 6.20 Å². The molecule has 1 aromatic heterocycles. The fraction of sp³-hybridized carbons (Fsp3) is 0.167. The van der Waals surface area contributed by atoms with Gasteiger partial charge in [-0.25, -0.2) is 18.7 Å². The Morgan fingerprint density at radius 3 is 2.50 bits per heavy atom. The molecule has 1 heterocycles. The smallest absolute Gasteiger partial charge is 0.282 e. The lowest BCUT2D eigenvalue weighted by Gasteiger charge is -2.06. The van der Waals surface area contributed by atoms with E-state index in [0.29, 0.717) is 12.2 Å². The third-order valence-corrected chi connectivity index (χ3v) is 2.91. The third kappa shape index (κ3) is 3.01. The number of benzene rings is 1. The van der Waals surface area contributed by atoms with Gasteiger partial charge in [-0.05, 0) is 17.7 Å². The van der Waals surface area contributed by atoms with Crippen molar-refractivity contribution in [3.63, 3.8) is 0 Å². The van der Waals surface area contributed by atoms with Crippen LogP contribution in [0.5, 0.6) is 0 Å². The molecule has 0 aliphatic carbocycles. The summed E-state index contributed by atoms with van der Waals surface area (Å²) in [5, 5.41) is 0. The number of rotatable bonds is 3. The maximum absolute atomic E-state index is 12.6. The van der Waals surface area contributed by atoms with E-state index in [4.69, 9.17) is 5.73 Å². The van der Waals surface area contributed by atoms with Crippen molar-refractivity contribution >= 4 is 21.6 Å². The number of anilines is 1. The fourth-order valence-corrected chi connectivity index (χ4v) is 1.75. The third-order valence-electron chi connectivity index (χ3n) is 2.38. The standard InChI is InChI=1S/C12H10BrF2N3/c13-8-3-1-7(2-4-8)5-10-17-6-9(16)11(18-10)12(14)15/h1-4,6,12H,5,16H2. The molecule has 2 rings (SSSR count). The number of nitrogens with two attached hydrogens (primary N) is 1. The molecule has 0 bridgehead atoms. The van der Waals surface area contributed by atoms with E-state index in [9.17, 15) is 8.78 Å². The number of hydrogen-bond donors (Lipinski definition) is 1. The zero-order chi connectivity index (χ0) is 13.1. The molecule has 0 radical (unpaired) electrons. The summed E-state index contributed by atoms with van der Waals surface area (Å²) in [4.78, 5) is 7.75. The van der Waals surface area contributed by atoms with Crippen LogP contribution in [0.3, 0.4) is 0 Å². The van der Waals surface area contributed by atoms with Gasteiger partial charge in [0.15, 0.2) is 0 Å². The van der Waals surface area contributed by atoms with Gasteiger partial charge in [-0.3, -0.25) is 0 Å². The average molecular weight is 314 g/mol. The summed E-state index contributed by atoms with van der Waals surface area (Å²) in [6.45, 7) is 0. The molecule has 94 valence electrons.